The lowest BCUT2D eigenvalue weighted by molar-refractivity contribution is 0.0846. The van der Waals surface area contributed by atoms with Crippen molar-refractivity contribution < 1.29 is 9.59 Å². The summed E-state index contributed by atoms with van der Waals surface area (Å²) in [4.78, 5) is 34.9. The molecule has 0 saturated carbocycles. The minimum Gasteiger partial charge on any atom is -0.319 e. The number of nitrogens with zero attached hydrogens (tertiary/aromatic N) is 1. The number of hydrogen-bond donors (Lipinski definition) is 2. The Kier molecular flexibility index (Phi) is 3.95. The van der Waals surface area contributed by atoms with E-state index in [4.69, 9.17) is 0 Å². The molecule has 1 aromatic heterocycles. The quantitative estimate of drug-likeness (QED) is 0.779. The van der Waals surface area contributed by atoms with Gasteiger partial charge in [0.15, 0.2) is 0 Å². The van der Waals surface area contributed by atoms with Crippen molar-refractivity contribution >= 4 is 11.8 Å². The highest BCUT2D eigenvalue weighted by molar-refractivity contribution is 5.98. The van der Waals surface area contributed by atoms with Crippen molar-refractivity contribution in [2.45, 2.75) is 0 Å². The molecule has 102 valence electrons. The fourth-order valence-corrected chi connectivity index (χ4v) is 1.54. The van der Waals surface area contributed by atoms with Crippen LogP contribution in [0.1, 0.15) is 20.7 Å². The lowest BCUT2D eigenvalue weighted by Crippen LogP contribution is -2.42. The Morgan fingerprint density at radius 2 is 1.55 bits per heavy atom. The van der Waals surface area contributed by atoms with E-state index in [1.807, 2.05) is 0 Å². The van der Waals surface area contributed by atoms with E-state index in [-0.39, 0.29) is 11.1 Å². The van der Waals surface area contributed by atoms with Crippen molar-refractivity contribution in [3.63, 3.8) is 0 Å². The molecule has 20 heavy (non-hydrogen) atoms. The second-order valence-electron chi connectivity index (χ2n) is 4.14. The molecular formula is C14H13N3O3. The smallest absolute Gasteiger partial charge is 0.269 e. The summed E-state index contributed by atoms with van der Waals surface area (Å²) in [5.74, 6) is -0.977. The van der Waals surface area contributed by atoms with E-state index in [1.54, 1.807) is 37.4 Å². The first-order valence-corrected chi connectivity index (χ1v) is 5.90. The number of carbonyl (C=O) groups excluding carboxylic acids is 2. The maximum Gasteiger partial charge on any atom is 0.269 e. The molecule has 0 spiro atoms. The summed E-state index contributed by atoms with van der Waals surface area (Å²) >= 11 is 0. The zero-order valence-electron chi connectivity index (χ0n) is 10.8. The Hall–Kier alpha value is -2.89. The molecule has 0 aliphatic heterocycles. The molecule has 2 aromatic rings. The zero-order valence-corrected chi connectivity index (χ0v) is 10.8. The molecule has 0 atom stereocenters. The molecule has 1 heterocycles. The summed E-state index contributed by atoms with van der Waals surface area (Å²) in [6.45, 7) is 0. The Labute approximate surface area is 115 Å². The lowest BCUT2D eigenvalue weighted by atomic mass is 10.2. The first-order valence-electron chi connectivity index (χ1n) is 5.90. The van der Waals surface area contributed by atoms with Crippen LogP contribution in [0.2, 0.25) is 0 Å². The molecule has 0 aliphatic rings. The molecule has 0 fully saturated rings. The number of carbonyl (C=O) groups is 2. The highest BCUT2D eigenvalue weighted by Crippen LogP contribution is 1.97. The monoisotopic (exact) mass is 271 g/mol. The van der Waals surface area contributed by atoms with Crippen LogP contribution in [0.4, 0.5) is 0 Å². The van der Waals surface area contributed by atoms with Crippen molar-refractivity contribution in [2.24, 2.45) is 7.05 Å². The van der Waals surface area contributed by atoms with Gasteiger partial charge in [-0.1, -0.05) is 18.2 Å². The van der Waals surface area contributed by atoms with Gasteiger partial charge in [-0.2, -0.15) is 0 Å². The second-order valence-corrected chi connectivity index (χ2v) is 4.14. The van der Waals surface area contributed by atoms with E-state index in [9.17, 15) is 14.4 Å². The van der Waals surface area contributed by atoms with E-state index in [0.29, 0.717) is 5.56 Å². The summed E-state index contributed by atoms with van der Waals surface area (Å²) in [7, 11) is 1.58. The van der Waals surface area contributed by atoms with Crippen molar-refractivity contribution in [2.75, 3.05) is 0 Å². The molecule has 0 bridgehead atoms. The van der Waals surface area contributed by atoms with Crippen molar-refractivity contribution in [1.82, 2.24) is 15.4 Å². The van der Waals surface area contributed by atoms with Crippen LogP contribution >= 0.6 is 0 Å². The summed E-state index contributed by atoms with van der Waals surface area (Å²) in [6, 6.07) is 11.2. The van der Waals surface area contributed by atoms with Crippen molar-refractivity contribution in [1.29, 1.82) is 0 Å². The van der Waals surface area contributed by atoms with Gasteiger partial charge in [0.05, 0.1) is 0 Å². The molecule has 2 amide bonds. The van der Waals surface area contributed by atoms with Gasteiger partial charge in [0.1, 0.15) is 0 Å². The third-order valence-corrected chi connectivity index (χ3v) is 2.69. The number of benzene rings is 1. The third-order valence-electron chi connectivity index (χ3n) is 2.69. The van der Waals surface area contributed by atoms with Crippen LogP contribution in [0, 0.1) is 0 Å². The van der Waals surface area contributed by atoms with Gasteiger partial charge in [0.25, 0.3) is 17.4 Å². The standard InChI is InChI=1S/C14H13N3O3/c1-17-8-7-11(9-12(17)18)14(20)16-15-13(19)10-5-3-2-4-6-10/h2-9H,1H3,(H,15,19)(H,16,20). The topological polar surface area (TPSA) is 80.2 Å². The maximum atomic E-state index is 11.8. The normalized spacial score (nSPS) is 9.85. The molecule has 0 unspecified atom stereocenters. The number of amides is 2. The van der Waals surface area contributed by atoms with Crippen LogP contribution in [0.3, 0.4) is 0 Å². The van der Waals surface area contributed by atoms with Crippen LogP contribution in [-0.4, -0.2) is 16.4 Å². The van der Waals surface area contributed by atoms with E-state index >= 15 is 0 Å². The summed E-state index contributed by atoms with van der Waals surface area (Å²) in [5, 5.41) is 0. The van der Waals surface area contributed by atoms with Crippen LogP contribution in [0.15, 0.2) is 53.5 Å². The van der Waals surface area contributed by atoms with Crippen LogP contribution in [0.5, 0.6) is 0 Å². The largest absolute Gasteiger partial charge is 0.319 e. The first kappa shape index (κ1) is 13.5. The number of hydrazine groups is 1. The Bertz CT molecular complexity index is 692. The van der Waals surface area contributed by atoms with Gasteiger partial charge in [-0.3, -0.25) is 25.2 Å². The van der Waals surface area contributed by atoms with Crippen LogP contribution in [-0.2, 0) is 7.05 Å². The number of aromatic nitrogens is 1. The predicted molar refractivity (Wildman–Crippen MR) is 73.1 cm³/mol. The highest BCUT2D eigenvalue weighted by Gasteiger charge is 2.09. The first-order chi connectivity index (χ1) is 9.58. The molecule has 2 rings (SSSR count). The summed E-state index contributed by atoms with van der Waals surface area (Å²) < 4.78 is 1.35. The number of rotatable bonds is 2. The van der Waals surface area contributed by atoms with Gasteiger partial charge >= 0.3 is 0 Å². The molecule has 0 aliphatic carbocycles. The second kappa shape index (κ2) is 5.83. The Morgan fingerprint density at radius 3 is 2.15 bits per heavy atom. The van der Waals surface area contributed by atoms with E-state index in [2.05, 4.69) is 10.9 Å². The van der Waals surface area contributed by atoms with Gasteiger partial charge < -0.3 is 4.57 Å². The fraction of sp³-hybridized carbons (Fsp3) is 0.0714. The number of pyridine rings is 1. The average Bonchev–Trinajstić information content (AvgIpc) is 2.48. The van der Waals surface area contributed by atoms with Crippen LogP contribution < -0.4 is 16.4 Å². The average molecular weight is 271 g/mol. The highest BCUT2D eigenvalue weighted by atomic mass is 16.2. The molecular weight excluding hydrogens is 258 g/mol. The van der Waals surface area contributed by atoms with E-state index < -0.39 is 11.8 Å². The molecule has 0 saturated heterocycles. The van der Waals surface area contributed by atoms with E-state index in [0.717, 1.165) is 0 Å². The van der Waals surface area contributed by atoms with Crippen molar-refractivity contribution in [3.05, 3.63) is 70.1 Å². The van der Waals surface area contributed by atoms with Gasteiger partial charge in [-0.05, 0) is 18.2 Å². The maximum absolute atomic E-state index is 11.8. The van der Waals surface area contributed by atoms with Gasteiger partial charge in [-0.25, -0.2) is 0 Å². The molecule has 2 N–H and O–H groups in total. The van der Waals surface area contributed by atoms with Gasteiger partial charge in [0.2, 0.25) is 0 Å². The van der Waals surface area contributed by atoms with Gasteiger partial charge in [0, 0.05) is 30.4 Å². The third kappa shape index (κ3) is 3.11. The lowest BCUT2D eigenvalue weighted by Gasteiger charge is -2.07. The van der Waals surface area contributed by atoms with Crippen molar-refractivity contribution in [3.8, 4) is 0 Å². The minimum atomic E-state index is -0.549. The Morgan fingerprint density at radius 1 is 0.950 bits per heavy atom. The van der Waals surface area contributed by atoms with Gasteiger partial charge in [-0.15, -0.1) is 0 Å². The molecule has 6 nitrogen and oxygen atoms in total. The number of nitrogens with one attached hydrogen (secondary N) is 2. The SMILES string of the molecule is Cn1ccc(C(=O)NNC(=O)c2ccccc2)cc1=O. The molecule has 0 radical (unpaired) electrons. The van der Waals surface area contributed by atoms with E-state index in [1.165, 1.54) is 22.9 Å². The van der Waals surface area contributed by atoms with Crippen LogP contribution in [0.25, 0.3) is 0 Å². The molecule has 6 heteroatoms. The number of hydrogen-bond acceptors (Lipinski definition) is 3. The summed E-state index contributed by atoms with van der Waals surface area (Å²) in [5.41, 5.74) is 4.85. The fourth-order valence-electron chi connectivity index (χ4n) is 1.54. The summed E-state index contributed by atoms with van der Waals surface area (Å²) in [6.07, 6.45) is 1.48. The predicted octanol–water partition coefficient (Wildman–Crippen LogP) is 0.460. The number of aryl methyl sites for hydroxylation is 1. The zero-order chi connectivity index (χ0) is 14.5. The Balaban J connectivity index is 2.00. The minimum absolute atomic E-state index is 0.182. The molecule has 1 aromatic carbocycles.